The first-order valence-corrected chi connectivity index (χ1v) is 4.95. The van der Waals surface area contributed by atoms with E-state index in [1.807, 2.05) is 0 Å². The van der Waals surface area contributed by atoms with Gasteiger partial charge in [-0.2, -0.15) is 0 Å². The van der Waals surface area contributed by atoms with Gasteiger partial charge in [-0.1, -0.05) is 0 Å². The van der Waals surface area contributed by atoms with Crippen LogP contribution in [-0.4, -0.2) is 24.9 Å². The Bertz CT molecular complexity index is 354. The van der Waals surface area contributed by atoms with E-state index < -0.39 is 0 Å². The summed E-state index contributed by atoms with van der Waals surface area (Å²) in [5.41, 5.74) is 6.27. The second kappa shape index (κ2) is 3.98. The Balaban J connectivity index is 2.07. The molecule has 82 valence electrons. The fourth-order valence-electron chi connectivity index (χ4n) is 1.50. The van der Waals surface area contributed by atoms with Crippen molar-refractivity contribution in [2.45, 2.75) is 12.5 Å². The molecule has 1 fully saturated rings. The molecule has 0 heterocycles. The molecule has 1 aliphatic rings. The van der Waals surface area contributed by atoms with E-state index in [2.05, 4.69) is 0 Å². The number of ether oxygens (including phenoxy) is 2. The van der Waals surface area contributed by atoms with Crippen LogP contribution in [0.4, 0.5) is 5.69 Å². The van der Waals surface area contributed by atoms with Gasteiger partial charge in [0.2, 0.25) is 0 Å². The highest BCUT2D eigenvalue weighted by atomic mass is 16.5. The van der Waals surface area contributed by atoms with E-state index in [1.165, 1.54) is 0 Å². The number of rotatable bonds is 4. The van der Waals surface area contributed by atoms with Crippen molar-refractivity contribution in [1.82, 2.24) is 0 Å². The fourth-order valence-corrected chi connectivity index (χ4v) is 1.50. The predicted octanol–water partition coefficient (Wildman–Crippen LogP) is 1.04. The molecular weight excluding hydrogens is 194 g/mol. The molecule has 0 bridgehead atoms. The van der Waals surface area contributed by atoms with E-state index >= 15 is 0 Å². The summed E-state index contributed by atoms with van der Waals surface area (Å²) >= 11 is 0. The van der Waals surface area contributed by atoms with Gasteiger partial charge in [0, 0.05) is 24.3 Å². The summed E-state index contributed by atoms with van der Waals surface area (Å²) in [6.45, 7) is 0.182. The number of aliphatic hydroxyl groups is 1. The van der Waals surface area contributed by atoms with Crippen LogP contribution in [0.1, 0.15) is 6.42 Å². The van der Waals surface area contributed by atoms with E-state index in [9.17, 15) is 0 Å². The summed E-state index contributed by atoms with van der Waals surface area (Å²) in [4.78, 5) is 0. The van der Waals surface area contributed by atoms with Gasteiger partial charge in [-0.05, 0) is 18.6 Å². The third-order valence-electron chi connectivity index (χ3n) is 2.56. The third kappa shape index (κ3) is 2.15. The number of benzene rings is 1. The minimum Gasteiger partial charge on any atom is -0.493 e. The minimum absolute atomic E-state index is 0.118. The highest BCUT2D eigenvalue weighted by molar-refractivity contribution is 5.52. The third-order valence-corrected chi connectivity index (χ3v) is 2.56. The van der Waals surface area contributed by atoms with Gasteiger partial charge in [-0.15, -0.1) is 0 Å². The van der Waals surface area contributed by atoms with Crippen LogP contribution in [0.2, 0.25) is 0 Å². The summed E-state index contributed by atoms with van der Waals surface area (Å²) in [6, 6.07) is 5.29. The van der Waals surface area contributed by atoms with Crippen LogP contribution in [0.3, 0.4) is 0 Å². The summed E-state index contributed by atoms with van der Waals surface area (Å²) in [5.74, 6) is 1.60. The number of methoxy groups -OCH3 is 1. The maximum Gasteiger partial charge on any atom is 0.162 e. The smallest absolute Gasteiger partial charge is 0.162 e. The maximum atomic E-state index is 8.89. The monoisotopic (exact) mass is 209 g/mol. The van der Waals surface area contributed by atoms with Crippen LogP contribution in [-0.2, 0) is 0 Å². The van der Waals surface area contributed by atoms with Crippen LogP contribution in [0.25, 0.3) is 0 Å². The number of hydrogen-bond donors (Lipinski definition) is 2. The molecule has 2 rings (SSSR count). The molecule has 1 saturated carbocycles. The molecule has 1 aromatic rings. The first-order valence-electron chi connectivity index (χ1n) is 4.95. The maximum absolute atomic E-state index is 8.89. The van der Waals surface area contributed by atoms with Crippen LogP contribution >= 0.6 is 0 Å². The van der Waals surface area contributed by atoms with Crippen LogP contribution in [0.5, 0.6) is 11.5 Å². The Kier molecular flexibility index (Phi) is 2.68. The quantitative estimate of drug-likeness (QED) is 0.727. The molecule has 1 aliphatic carbocycles. The molecule has 2 atom stereocenters. The molecule has 0 aromatic heterocycles. The van der Waals surface area contributed by atoms with E-state index in [4.69, 9.17) is 20.3 Å². The van der Waals surface area contributed by atoms with E-state index in [-0.39, 0.29) is 18.6 Å². The lowest BCUT2D eigenvalue weighted by Crippen LogP contribution is -2.04. The van der Waals surface area contributed by atoms with Crippen molar-refractivity contribution in [2.24, 2.45) is 5.92 Å². The molecule has 3 N–H and O–H groups in total. The highest BCUT2D eigenvalue weighted by Gasteiger charge is 2.39. The van der Waals surface area contributed by atoms with Gasteiger partial charge in [0.25, 0.3) is 0 Å². The number of nitrogen functional groups attached to an aromatic ring is 1. The van der Waals surface area contributed by atoms with Gasteiger partial charge >= 0.3 is 0 Å². The second-order valence-corrected chi connectivity index (χ2v) is 3.74. The molecule has 0 saturated heterocycles. The van der Waals surface area contributed by atoms with Gasteiger partial charge in [0.1, 0.15) is 6.10 Å². The van der Waals surface area contributed by atoms with Crippen molar-refractivity contribution in [3.05, 3.63) is 18.2 Å². The van der Waals surface area contributed by atoms with Gasteiger partial charge in [0.15, 0.2) is 11.5 Å². The van der Waals surface area contributed by atoms with Crippen LogP contribution in [0, 0.1) is 5.92 Å². The zero-order chi connectivity index (χ0) is 10.8. The van der Waals surface area contributed by atoms with E-state index in [0.29, 0.717) is 17.2 Å². The van der Waals surface area contributed by atoms with Gasteiger partial charge < -0.3 is 20.3 Å². The first-order chi connectivity index (χ1) is 7.24. The Morgan fingerprint density at radius 1 is 1.47 bits per heavy atom. The van der Waals surface area contributed by atoms with E-state index in [1.54, 1.807) is 25.3 Å². The molecule has 0 spiro atoms. The van der Waals surface area contributed by atoms with Crippen LogP contribution < -0.4 is 15.2 Å². The molecule has 0 amide bonds. The molecule has 4 heteroatoms. The predicted molar refractivity (Wildman–Crippen MR) is 57.0 cm³/mol. The largest absolute Gasteiger partial charge is 0.493 e. The van der Waals surface area contributed by atoms with Crippen molar-refractivity contribution < 1.29 is 14.6 Å². The topological polar surface area (TPSA) is 64.7 Å². The van der Waals surface area contributed by atoms with Crippen molar-refractivity contribution in [2.75, 3.05) is 19.5 Å². The number of anilines is 1. The standard InChI is InChI=1S/C11H15NO3/c1-14-11-5-8(12)2-3-9(11)15-10-4-7(10)6-13/h2-3,5,7,10,13H,4,6,12H2,1H3/t7-,10?/m1/s1. The lowest BCUT2D eigenvalue weighted by Gasteiger charge is -2.10. The average Bonchev–Trinajstić information content (AvgIpc) is 2.99. The Morgan fingerprint density at radius 3 is 2.87 bits per heavy atom. The fraction of sp³-hybridized carbons (Fsp3) is 0.455. The second-order valence-electron chi connectivity index (χ2n) is 3.74. The molecule has 1 unspecified atom stereocenters. The summed E-state index contributed by atoms with van der Waals surface area (Å²) in [6.07, 6.45) is 1.02. The number of nitrogens with two attached hydrogens (primary N) is 1. The lowest BCUT2D eigenvalue weighted by molar-refractivity contribution is 0.219. The SMILES string of the molecule is COc1cc(N)ccc1OC1C[C@@H]1CO. The molecular formula is C11H15NO3. The first kappa shape index (κ1) is 10.1. The normalized spacial score (nSPS) is 23.6. The number of hydrogen-bond acceptors (Lipinski definition) is 4. The number of aliphatic hydroxyl groups excluding tert-OH is 1. The Hall–Kier alpha value is -1.42. The van der Waals surface area contributed by atoms with Crippen molar-refractivity contribution in [3.8, 4) is 11.5 Å². The summed E-state index contributed by atoms with van der Waals surface area (Å²) in [5, 5.41) is 8.89. The van der Waals surface area contributed by atoms with Gasteiger partial charge in [-0.25, -0.2) is 0 Å². The Morgan fingerprint density at radius 2 is 2.27 bits per heavy atom. The molecule has 0 aliphatic heterocycles. The minimum atomic E-state index is 0.118. The Labute approximate surface area is 88.6 Å². The summed E-state index contributed by atoms with van der Waals surface area (Å²) < 4.78 is 10.8. The molecule has 15 heavy (non-hydrogen) atoms. The lowest BCUT2D eigenvalue weighted by atomic mass is 10.3. The van der Waals surface area contributed by atoms with Crippen LogP contribution in [0.15, 0.2) is 18.2 Å². The zero-order valence-electron chi connectivity index (χ0n) is 8.64. The van der Waals surface area contributed by atoms with Gasteiger partial charge in [-0.3, -0.25) is 0 Å². The van der Waals surface area contributed by atoms with Crippen molar-refractivity contribution in [1.29, 1.82) is 0 Å². The zero-order valence-corrected chi connectivity index (χ0v) is 8.64. The highest BCUT2D eigenvalue weighted by Crippen LogP contribution is 2.38. The van der Waals surface area contributed by atoms with Crippen molar-refractivity contribution >= 4 is 5.69 Å². The molecule has 1 aromatic carbocycles. The average molecular weight is 209 g/mol. The van der Waals surface area contributed by atoms with Gasteiger partial charge in [0.05, 0.1) is 7.11 Å². The molecule has 0 radical (unpaired) electrons. The molecule has 4 nitrogen and oxygen atoms in total. The van der Waals surface area contributed by atoms with Crippen molar-refractivity contribution in [3.63, 3.8) is 0 Å². The summed E-state index contributed by atoms with van der Waals surface area (Å²) in [7, 11) is 1.58. The van der Waals surface area contributed by atoms with E-state index in [0.717, 1.165) is 6.42 Å².